The molecule has 0 saturated heterocycles. The maximum Gasteiger partial charge on any atom is 0.128 e. The van der Waals surface area contributed by atoms with Gasteiger partial charge in [0.15, 0.2) is 0 Å². The zero-order chi connectivity index (χ0) is 14.7. The van der Waals surface area contributed by atoms with E-state index in [2.05, 4.69) is 26.1 Å². The molecule has 1 aliphatic rings. The molecule has 3 atom stereocenters. The highest BCUT2D eigenvalue weighted by Crippen LogP contribution is 2.41. The fourth-order valence-electron chi connectivity index (χ4n) is 3.26. The Kier molecular flexibility index (Phi) is 5.45. The Labute approximate surface area is 126 Å². The van der Waals surface area contributed by atoms with Gasteiger partial charge < -0.3 is 5.32 Å². The lowest BCUT2D eigenvalue weighted by Crippen LogP contribution is -2.35. The van der Waals surface area contributed by atoms with Crippen LogP contribution in [0.1, 0.15) is 51.5 Å². The van der Waals surface area contributed by atoms with Crippen LogP contribution in [0.2, 0.25) is 5.02 Å². The monoisotopic (exact) mass is 297 g/mol. The SMILES string of the molecule is CC1CCC(CNC(C)C)C(c2ccc(Cl)cc2F)C1. The van der Waals surface area contributed by atoms with Gasteiger partial charge in [-0.05, 0) is 54.8 Å². The molecular formula is C17H25ClFN. The predicted molar refractivity (Wildman–Crippen MR) is 83.8 cm³/mol. The molecule has 0 aromatic heterocycles. The molecule has 0 radical (unpaired) electrons. The van der Waals surface area contributed by atoms with Crippen molar-refractivity contribution >= 4 is 11.6 Å². The summed E-state index contributed by atoms with van der Waals surface area (Å²) in [6.45, 7) is 7.55. The standard InChI is InChI=1S/C17H25ClFN/c1-11(2)20-10-13-5-4-12(3)8-16(13)15-7-6-14(18)9-17(15)19/h6-7,9,11-13,16,20H,4-5,8,10H2,1-3H3. The van der Waals surface area contributed by atoms with Crippen molar-refractivity contribution in [1.29, 1.82) is 0 Å². The van der Waals surface area contributed by atoms with Crippen LogP contribution in [0.15, 0.2) is 18.2 Å². The first kappa shape index (κ1) is 15.8. The van der Waals surface area contributed by atoms with Gasteiger partial charge in [-0.1, -0.05) is 44.9 Å². The maximum atomic E-state index is 14.2. The van der Waals surface area contributed by atoms with Gasteiger partial charge in [-0.25, -0.2) is 4.39 Å². The fourth-order valence-corrected chi connectivity index (χ4v) is 3.42. The summed E-state index contributed by atoms with van der Waals surface area (Å²) >= 11 is 5.87. The molecule has 0 heterocycles. The fraction of sp³-hybridized carbons (Fsp3) is 0.647. The zero-order valence-corrected chi connectivity index (χ0v) is 13.4. The summed E-state index contributed by atoms with van der Waals surface area (Å²) in [6.07, 6.45) is 3.49. The molecule has 1 fully saturated rings. The van der Waals surface area contributed by atoms with E-state index in [9.17, 15) is 4.39 Å². The molecule has 1 aliphatic carbocycles. The van der Waals surface area contributed by atoms with Crippen LogP contribution >= 0.6 is 11.6 Å². The summed E-state index contributed by atoms with van der Waals surface area (Å²) in [5, 5.41) is 3.99. The van der Waals surface area contributed by atoms with E-state index < -0.39 is 0 Å². The molecule has 2 rings (SSSR count). The van der Waals surface area contributed by atoms with Gasteiger partial charge in [-0.3, -0.25) is 0 Å². The Hall–Kier alpha value is -0.600. The lowest BCUT2D eigenvalue weighted by atomic mass is 9.71. The average Bonchev–Trinajstić information content (AvgIpc) is 2.37. The molecule has 0 spiro atoms. The summed E-state index contributed by atoms with van der Waals surface area (Å²) in [4.78, 5) is 0. The van der Waals surface area contributed by atoms with Gasteiger partial charge in [0.25, 0.3) is 0 Å². The van der Waals surface area contributed by atoms with E-state index in [0.29, 0.717) is 28.8 Å². The van der Waals surface area contributed by atoms with Gasteiger partial charge in [0, 0.05) is 11.1 Å². The second-order valence-corrected chi connectivity index (χ2v) is 6.95. The Morgan fingerprint density at radius 3 is 2.75 bits per heavy atom. The Morgan fingerprint density at radius 1 is 1.35 bits per heavy atom. The number of halogens is 2. The van der Waals surface area contributed by atoms with Crippen LogP contribution in [0.25, 0.3) is 0 Å². The van der Waals surface area contributed by atoms with Crippen molar-refractivity contribution in [2.45, 2.75) is 52.0 Å². The largest absolute Gasteiger partial charge is 0.314 e. The highest BCUT2D eigenvalue weighted by molar-refractivity contribution is 6.30. The summed E-state index contributed by atoms with van der Waals surface area (Å²) in [5.41, 5.74) is 0.844. The van der Waals surface area contributed by atoms with Crippen molar-refractivity contribution < 1.29 is 4.39 Å². The van der Waals surface area contributed by atoms with Crippen LogP contribution in [0.5, 0.6) is 0 Å². The number of nitrogens with one attached hydrogen (secondary N) is 1. The van der Waals surface area contributed by atoms with Crippen LogP contribution in [-0.2, 0) is 0 Å². The number of hydrogen-bond acceptors (Lipinski definition) is 1. The molecule has 1 saturated carbocycles. The molecule has 1 aromatic rings. The van der Waals surface area contributed by atoms with Gasteiger partial charge in [-0.15, -0.1) is 0 Å². The van der Waals surface area contributed by atoms with E-state index >= 15 is 0 Å². The molecule has 112 valence electrons. The molecule has 20 heavy (non-hydrogen) atoms. The van der Waals surface area contributed by atoms with E-state index in [1.807, 2.05) is 12.1 Å². The highest BCUT2D eigenvalue weighted by atomic mass is 35.5. The van der Waals surface area contributed by atoms with Crippen molar-refractivity contribution in [3.8, 4) is 0 Å². The lowest BCUT2D eigenvalue weighted by Gasteiger charge is -2.36. The Bertz CT molecular complexity index is 447. The molecule has 0 bridgehead atoms. The number of rotatable bonds is 4. The van der Waals surface area contributed by atoms with Gasteiger partial charge in [0.2, 0.25) is 0 Å². The van der Waals surface area contributed by atoms with Crippen molar-refractivity contribution in [2.75, 3.05) is 6.54 Å². The van der Waals surface area contributed by atoms with Crippen LogP contribution in [0, 0.1) is 17.7 Å². The second-order valence-electron chi connectivity index (χ2n) is 6.51. The summed E-state index contributed by atoms with van der Waals surface area (Å²) in [5.74, 6) is 1.35. The van der Waals surface area contributed by atoms with Gasteiger partial charge in [-0.2, -0.15) is 0 Å². The number of benzene rings is 1. The topological polar surface area (TPSA) is 12.0 Å². The third kappa shape index (κ3) is 3.95. The first-order valence-corrected chi connectivity index (χ1v) is 8.03. The van der Waals surface area contributed by atoms with E-state index in [4.69, 9.17) is 11.6 Å². The van der Waals surface area contributed by atoms with Crippen molar-refractivity contribution in [3.63, 3.8) is 0 Å². The third-order valence-corrected chi connectivity index (χ3v) is 4.64. The van der Waals surface area contributed by atoms with E-state index in [1.165, 1.54) is 18.9 Å². The quantitative estimate of drug-likeness (QED) is 0.825. The van der Waals surface area contributed by atoms with Gasteiger partial charge in [0.1, 0.15) is 5.82 Å². The molecule has 3 heteroatoms. The van der Waals surface area contributed by atoms with Crippen LogP contribution in [0.4, 0.5) is 4.39 Å². The van der Waals surface area contributed by atoms with Gasteiger partial charge in [0.05, 0.1) is 0 Å². The first-order valence-electron chi connectivity index (χ1n) is 7.65. The van der Waals surface area contributed by atoms with Crippen LogP contribution in [-0.4, -0.2) is 12.6 Å². The normalized spacial score (nSPS) is 27.0. The van der Waals surface area contributed by atoms with Crippen molar-refractivity contribution in [1.82, 2.24) is 5.32 Å². The molecular weight excluding hydrogens is 273 g/mol. The molecule has 1 nitrogen and oxygen atoms in total. The number of hydrogen-bond donors (Lipinski definition) is 1. The van der Waals surface area contributed by atoms with Crippen molar-refractivity contribution in [2.24, 2.45) is 11.8 Å². The minimum Gasteiger partial charge on any atom is -0.314 e. The summed E-state index contributed by atoms with van der Waals surface area (Å²) < 4.78 is 14.2. The third-order valence-electron chi connectivity index (χ3n) is 4.41. The maximum absolute atomic E-state index is 14.2. The van der Waals surface area contributed by atoms with E-state index in [1.54, 1.807) is 0 Å². The Balaban J connectivity index is 2.18. The minimum absolute atomic E-state index is 0.147. The molecule has 0 aliphatic heterocycles. The van der Waals surface area contributed by atoms with E-state index in [0.717, 1.165) is 18.5 Å². The van der Waals surface area contributed by atoms with Gasteiger partial charge >= 0.3 is 0 Å². The summed E-state index contributed by atoms with van der Waals surface area (Å²) in [7, 11) is 0. The van der Waals surface area contributed by atoms with Crippen molar-refractivity contribution in [3.05, 3.63) is 34.6 Å². The zero-order valence-electron chi connectivity index (χ0n) is 12.6. The molecule has 3 unspecified atom stereocenters. The van der Waals surface area contributed by atoms with E-state index in [-0.39, 0.29) is 5.82 Å². The highest BCUT2D eigenvalue weighted by Gasteiger charge is 2.31. The smallest absolute Gasteiger partial charge is 0.128 e. The minimum atomic E-state index is -0.147. The Morgan fingerprint density at radius 2 is 2.10 bits per heavy atom. The molecule has 1 aromatic carbocycles. The molecule has 1 N–H and O–H groups in total. The first-order chi connectivity index (χ1) is 9.47. The summed E-state index contributed by atoms with van der Waals surface area (Å²) in [6, 6.07) is 5.61. The van der Waals surface area contributed by atoms with Crippen LogP contribution < -0.4 is 5.32 Å². The average molecular weight is 298 g/mol. The predicted octanol–water partition coefficient (Wildman–Crippen LogP) is 5.00. The second kappa shape index (κ2) is 6.91. The van der Waals surface area contributed by atoms with Crippen LogP contribution in [0.3, 0.4) is 0 Å². The molecule has 0 amide bonds. The lowest BCUT2D eigenvalue weighted by molar-refractivity contribution is 0.234.